The summed E-state index contributed by atoms with van der Waals surface area (Å²) in [7, 11) is 0. The molecule has 0 bridgehead atoms. The van der Waals surface area contributed by atoms with Gasteiger partial charge in [-0.2, -0.15) is 0 Å². The summed E-state index contributed by atoms with van der Waals surface area (Å²) >= 11 is -0.237. The molecular formula is C12H17IN3O5-. The van der Waals surface area contributed by atoms with Gasteiger partial charge in [-0.05, 0) is 0 Å². The summed E-state index contributed by atoms with van der Waals surface area (Å²) in [5, 5.41) is 0. The molecular weight excluding hydrogens is 393 g/mol. The number of halogens is 1. The van der Waals surface area contributed by atoms with Crippen molar-refractivity contribution in [3.05, 3.63) is 0 Å². The number of alkyl halides is 1. The Bertz CT molecular complexity index is 452. The van der Waals surface area contributed by atoms with Crippen LogP contribution in [0.5, 0.6) is 0 Å². The summed E-state index contributed by atoms with van der Waals surface area (Å²) in [5.41, 5.74) is 0. The number of epoxide rings is 2. The van der Waals surface area contributed by atoms with Crippen LogP contribution in [-0.4, -0.2) is 89.0 Å². The first-order valence-electron chi connectivity index (χ1n) is 7.04. The van der Waals surface area contributed by atoms with Gasteiger partial charge >= 0.3 is 133 Å². The summed E-state index contributed by atoms with van der Waals surface area (Å²) in [6, 6.07) is -0.416. The van der Waals surface area contributed by atoms with Crippen molar-refractivity contribution in [3.8, 4) is 0 Å². The molecule has 118 valence electrons. The van der Waals surface area contributed by atoms with E-state index >= 15 is 0 Å². The van der Waals surface area contributed by atoms with Gasteiger partial charge in [0.25, 0.3) is 0 Å². The van der Waals surface area contributed by atoms with Crippen molar-refractivity contribution in [2.45, 2.75) is 16.1 Å². The van der Waals surface area contributed by atoms with E-state index in [1.807, 2.05) is 0 Å². The number of carbonyl (C=O) groups excluding carboxylic acids is 2. The number of amides is 4. The summed E-state index contributed by atoms with van der Waals surface area (Å²) in [6.07, 6.45) is 0.138. The van der Waals surface area contributed by atoms with Crippen LogP contribution in [0.4, 0.5) is 9.59 Å². The molecule has 4 aliphatic rings. The Morgan fingerprint density at radius 1 is 0.952 bits per heavy atom. The molecule has 0 saturated carbocycles. The van der Waals surface area contributed by atoms with Crippen LogP contribution < -0.4 is 21.6 Å². The Labute approximate surface area is 133 Å². The second kappa shape index (κ2) is 5.52. The van der Waals surface area contributed by atoms with Gasteiger partial charge in [-0.1, -0.05) is 0 Å². The predicted molar refractivity (Wildman–Crippen MR) is 65.0 cm³/mol. The first kappa shape index (κ1) is 14.0. The Hall–Kier alpha value is -0.650. The summed E-state index contributed by atoms with van der Waals surface area (Å²) in [6.45, 7) is 4.02. The van der Waals surface area contributed by atoms with Crippen molar-refractivity contribution in [2.24, 2.45) is 0 Å². The summed E-state index contributed by atoms with van der Waals surface area (Å²) < 4.78 is 16.1. The van der Waals surface area contributed by atoms with Crippen LogP contribution in [0.3, 0.4) is 0 Å². The molecule has 0 aromatic heterocycles. The van der Waals surface area contributed by atoms with Crippen molar-refractivity contribution in [3.63, 3.8) is 0 Å². The average Bonchev–Trinajstić information content (AvgIpc) is 3.29. The third-order valence-electron chi connectivity index (χ3n) is 3.81. The molecule has 3 unspecified atom stereocenters. The standard InChI is InChI=1S/C12H17IN3O5/c17-11-14(1-8-4-21-13-8)7-15(2-9-5-19-9)12(18)16(11)3-10-6-20-10/h8-10H,1-7H2/q-1. The molecule has 4 saturated heterocycles. The van der Waals surface area contributed by atoms with Gasteiger partial charge in [0.15, 0.2) is 0 Å². The Morgan fingerprint density at radius 3 is 2.05 bits per heavy atom. The molecule has 0 N–H and O–H groups in total. The van der Waals surface area contributed by atoms with E-state index in [1.54, 1.807) is 9.80 Å². The van der Waals surface area contributed by atoms with E-state index in [2.05, 4.69) is 0 Å². The van der Waals surface area contributed by atoms with E-state index in [-0.39, 0.29) is 45.9 Å². The molecule has 0 aromatic rings. The number of rotatable bonds is 6. The molecule has 4 heterocycles. The van der Waals surface area contributed by atoms with Gasteiger partial charge in [0.2, 0.25) is 0 Å². The van der Waals surface area contributed by atoms with Gasteiger partial charge in [0.1, 0.15) is 0 Å². The van der Waals surface area contributed by atoms with Gasteiger partial charge in [0, 0.05) is 0 Å². The second-order valence-electron chi connectivity index (χ2n) is 5.63. The summed E-state index contributed by atoms with van der Waals surface area (Å²) in [4.78, 5) is 29.8. The van der Waals surface area contributed by atoms with Crippen LogP contribution in [-0.2, 0) is 12.5 Å². The number of imide groups is 1. The number of hydrogen-bond donors (Lipinski definition) is 0. The zero-order chi connectivity index (χ0) is 14.4. The zero-order valence-electron chi connectivity index (χ0n) is 11.4. The van der Waals surface area contributed by atoms with Crippen molar-refractivity contribution in [2.75, 3.05) is 46.1 Å². The van der Waals surface area contributed by atoms with Crippen LogP contribution in [0.1, 0.15) is 0 Å². The monoisotopic (exact) mass is 410 g/mol. The number of carbonyl (C=O) groups is 2. The van der Waals surface area contributed by atoms with Crippen LogP contribution in [0.25, 0.3) is 0 Å². The maximum absolute atomic E-state index is 12.5. The SMILES string of the molecule is O=C1N(CC2CO2)CN(CC2CO[I-]2)C(=O)N1CC1CO1. The molecule has 0 aliphatic carbocycles. The Balaban J connectivity index is 1.46. The van der Waals surface area contributed by atoms with Crippen molar-refractivity contribution >= 4 is 12.1 Å². The molecule has 21 heavy (non-hydrogen) atoms. The third-order valence-corrected chi connectivity index (χ3v) is 6.00. The Morgan fingerprint density at radius 2 is 1.52 bits per heavy atom. The fourth-order valence-corrected chi connectivity index (χ4v) is 3.95. The number of urea groups is 2. The minimum absolute atomic E-state index is 0.0105. The topological polar surface area (TPSA) is 78.2 Å². The van der Waals surface area contributed by atoms with E-state index in [4.69, 9.17) is 12.5 Å². The fraction of sp³-hybridized carbons (Fsp3) is 0.833. The molecule has 0 spiro atoms. The van der Waals surface area contributed by atoms with Crippen LogP contribution >= 0.6 is 0 Å². The third kappa shape index (κ3) is 3.10. The van der Waals surface area contributed by atoms with E-state index in [1.165, 1.54) is 4.90 Å². The molecule has 0 radical (unpaired) electrons. The van der Waals surface area contributed by atoms with Gasteiger partial charge in [-0.25, -0.2) is 0 Å². The van der Waals surface area contributed by atoms with Crippen LogP contribution in [0, 0.1) is 0 Å². The van der Waals surface area contributed by atoms with Gasteiger partial charge < -0.3 is 0 Å². The Kier molecular flexibility index (Phi) is 3.67. The maximum atomic E-state index is 12.5. The average molecular weight is 410 g/mol. The van der Waals surface area contributed by atoms with E-state index in [9.17, 15) is 9.59 Å². The van der Waals surface area contributed by atoms with Crippen molar-refractivity contribution in [1.82, 2.24) is 14.7 Å². The summed E-state index contributed by atoms with van der Waals surface area (Å²) in [5.74, 6) is 0. The fourth-order valence-electron chi connectivity index (χ4n) is 2.45. The van der Waals surface area contributed by atoms with Crippen molar-refractivity contribution in [1.29, 1.82) is 0 Å². The molecule has 4 amide bonds. The molecule has 8 nitrogen and oxygen atoms in total. The molecule has 4 fully saturated rings. The van der Waals surface area contributed by atoms with E-state index < -0.39 is 0 Å². The molecule has 3 atom stereocenters. The first-order valence-corrected chi connectivity index (χ1v) is 9.17. The second-order valence-corrected chi connectivity index (χ2v) is 8.53. The normalized spacial score (nSPS) is 35.4. The molecule has 4 rings (SSSR count). The van der Waals surface area contributed by atoms with E-state index in [0.717, 1.165) is 6.61 Å². The quantitative estimate of drug-likeness (QED) is 0.256. The number of nitrogens with zero attached hydrogens (tertiary/aromatic N) is 3. The van der Waals surface area contributed by atoms with Crippen molar-refractivity contribution < 1.29 is 43.7 Å². The van der Waals surface area contributed by atoms with E-state index in [0.29, 0.717) is 43.4 Å². The number of ether oxygens (including phenoxy) is 2. The first-order chi connectivity index (χ1) is 10.2. The predicted octanol–water partition coefficient (Wildman–Crippen LogP) is -3.70. The van der Waals surface area contributed by atoms with Gasteiger partial charge in [-0.3, -0.25) is 0 Å². The number of hydrogen-bond acceptors (Lipinski definition) is 5. The van der Waals surface area contributed by atoms with Gasteiger partial charge in [-0.15, -0.1) is 0 Å². The van der Waals surface area contributed by atoms with Crippen LogP contribution in [0.15, 0.2) is 0 Å². The van der Waals surface area contributed by atoms with Gasteiger partial charge in [0.05, 0.1) is 0 Å². The molecule has 4 aliphatic heterocycles. The molecule has 9 heteroatoms. The molecule has 0 aromatic carbocycles. The van der Waals surface area contributed by atoms with Crippen LogP contribution in [0.2, 0.25) is 0 Å². The minimum atomic E-state index is -0.237. The zero-order valence-corrected chi connectivity index (χ0v) is 13.6.